The number of fused-ring (bicyclic) bond motifs is 1. The molecule has 0 bridgehead atoms. The van der Waals surface area contributed by atoms with Crippen molar-refractivity contribution in [1.82, 2.24) is 4.98 Å². The lowest BCUT2D eigenvalue weighted by atomic mass is 10.1. The Hall–Kier alpha value is -1.57. The van der Waals surface area contributed by atoms with Crippen molar-refractivity contribution in [3.05, 3.63) is 36.0 Å². The maximum absolute atomic E-state index is 5.31. The highest BCUT2D eigenvalue weighted by atomic mass is 16.5. The summed E-state index contributed by atoms with van der Waals surface area (Å²) in [5.74, 6) is 1.14. The predicted molar refractivity (Wildman–Crippen MR) is 62.4 cm³/mol. The number of benzene rings is 1. The molecule has 0 radical (unpaired) electrons. The van der Waals surface area contributed by atoms with Crippen LogP contribution in [0, 0.1) is 0 Å². The fourth-order valence-corrected chi connectivity index (χ4v) is 1.64. The lowest BCUT2D eigenvalue weighted by Gasteiger charge is -2.09. The average Bonchev–Trinajstić information content (AvgIpc) is 2.27. The summed E-state index contributed by atoms with van der Waals surface area (Å²) in [7, 11) is 1.67. The number of ether oxygens (including phenoxy) is 1. The Labute approximate surface area is 89.9 Å². The van der Waals surface area contributed by atoms with Gasteiger partial charge >= 0.3 is 0 Å². The first-order valence-electron chi connectivity index (χ1n) is 5.16. The highest BCUT2D eigenvalue weighted by molar-refractivity contribution is 5.87. The Morgan fingerprint density at radius 3 is 2.60 bits per heavy atom. The first-order chi connectivity index (χ1) is 7.22. The molecule has 0 fully saturated rings. The van der Waals surface area contributed by atoms with E-state index >= 15 is 0 Å². The molecule has 0 saturated carbocycles. The van der Waals surface area contributed by atoms with Gasteiger partial charge in [0.2, 0.25) is 5.88 Å². The third-order valence-corrected chi connectivity index (χ3v) is 2.51. The first-order valence-corrected chi connectivity index (χ1v) is 5.16. The fourth-order valence-electron chi connectivity index (χ4n) is 1.64. The van der Waals surface area contributed by atoms with Crippen LogP contribution in [0.2, 0.25) is 0 Å². The molecule has 0 spiro atoms. The molecule has 0 amide bonds. The maximum Gasteiger partial charge on any atom is 0.221 e. The van der Waals surface area contributed by atoms with Gasteiger partial charge in [0.15, 0.2) is 0 Å². The summed E-state index contributed by atoms with van der Waals surface area (Å²) >= 11 is 0. The number of aromatic nitrogens is 1. The van der Waals surface area contributed by atoms with Gasteiger partial charge in [0, 0.05) is 11.1 Å². The minimum atomic E-state index is 0.420. The summed E-state index contributed by atoms with van der Waals surface area (Å²) in [6, 6.07) is 10.3. The summed E-state index contributed by atoms with van der Waals surface area (Å²) in [4.78, 5) is 4.50. The Balaban J connectivity index is 2.71. The second kappa shape index (κ2) is 3.89. The molecule has 0 unspecified atom stereocenters. The number of methoxy groups -OCH3 is 1. The molecule has 0 saturated heterocycles. The zero-order valence-electron chi connectivity index (χ0n) is 9.32. The number of rotatable bonds is 2. The van der Waals surface area contributed by atoms with Crippen LogP contribution in [-0.2, 0) is 0 Å². The summed E-state index contributed by atoms with van der Waals surface area (Å²) in [5.41, 5.74) is 1.07. The van der Waals surface area contributed by atoms with Crippen LogP contribution in [0.3, 0.4) is 0 Å². The predicted octanol–water partition coefficient (Wildman–Crippen LogP) is 3.37. The highest BCUT2D eigenvalue weighted by Gasteiger charge is 2.07. The Kier molecular flexibility index (Phi) is 2.58. The molecule has 2 nitrogen and oxygen atoms in total. The lowest BCUT2D eigenvalue weighted by molar-refractivity contribution is 0.401. The SMILES string of the molecule is COc1nc(C(C)C)cc2ccccc12. The monoisotopic (exact) mass is 201 g/mol. The van der Waals surface area contributed by atoms with Gasteiger partial charge in [-0.1, -0.05) is 32.0 Å². The summed E-state index contributed by atoms with van der Waals surface area (Å²) in [5, 5.41) is 2.26. The van der Waals surface area contributed by atoms with Crippen molar-refractivity contribution in [2.75, 3.05) is 7.11 Å². The largest absolute Gasteiger partial charge is 0.481 e. The van der Waals surface area contributed by atoms with E-state index in [0.29, 0.717) is 5.92 Å². The van der Waals surface area contributed by atoms with E-state index in [1.807, 2.05) is 18.2 Å². The van der Waals surface area contributed by atoms with Crippen LogP contribution in [0.15, 0.2) is 30.3 Å². The van der Waals surface area contributed by atoms with Crippen molar-refractivity contribution in [1.29, 1.82) is 0 Å². The zero-order chi connectivity index (χ0) is 10.8. The highest BCUT2D eigenvalue weighted by Crippen LogP contribution is 2.26. The number of hydrogen-bond donors (Lipinski definition) is 0. The third-order valence-electron chi connectivity index (χ3n) is 2.51. The molecular weight excluding hydrogens is 186 g/mol. The van der Waals surface area contributed by atoms with Crippen LogP contribution in [-0.4, -0.2) is 12.1 Å². The van der Waals surface area contributed by atoms with E-state index in [2.05, 4.69) is 31.0 Å². The molecule has 0 N–H and O–H groups in total. The van der Waals surface area contributed by atoms with Gasteiger partial charge in [-0.25, -0.2) is 4.98 Å². The number of nitrogens with zero attached hydrogens (tertiary/aromatic N) is 1. The van der Waals surface area contributed by atoms with E-state index in [-0.39, 0.29) is 0 Å². The number of hydrogen-bond acceptors (Lipinski definition) is 2. The van der Waals surface area contributed by atoms with Crippen molar-refractivity contribution < 1.29 is 4.74 Å². The molecule has 1 aromatic heterocycles. The van der Waals surface area contributed by atoms with Crippen molar-refractivity contribution in [3.8, 4) is 5.88 Å². The van der Waals surface area contributed by atoms with Gasteiger partial charge in [0.25, 0.3) is 0 Å². The summed E-state index contributed by atoms with van der Waals surface area (Å²) < 4.78 is 5.31. The van der Waals surface area contributed by atoms with Gasteiger partial charge in [0.1, 0.15) is 0 Å². The first kappa shape index (κ1) is 9.97. The molecule has 1 heterocycles. The molecule has 2 heteroatoms. The fraction of sp³-hybridized carbons (Fsp3) is 0.308. The summed E-state index contributed by atoms with van der Waals surface area (Å²) in [6.45, 7) is 4.27. The van der Waals surface area contributed by atoms with Crippen LogP contribution in [0.4, 0.5) is 0 Å². The molecular formula is C13H15NO. The van der Waals surface area contributed by atoms with Gasteiger partial charge in [0.05, 0.1) is 7.11 Å². The van der Waals surface area contributed by atoms with Gasteiger partial charge in [-0.3, -0.25) is 0 Å². The topological polar surface area (TPSA) is 22.1 Å². The van der Waals surface area contributed by atoms with Gasteiger partial charge in [-0.15, -0.1) is 0 Å². The van der Waals surface area contributed by atoms with Gasteiger partial charge < -0.3 is 4.74 Å². The van der Waals surface area contributed by atoms with E-state index < -0.39 is 0 Å². The van der Waals surface area contributed by atoms with E-state index in [4.69, 9.17) is 4.74 Å². The number of pyridine rings is 1. The standard InChI is InChI=1S/C13H15NO/c1-9(2)12-8-10-6-4-5-7-11(10)13(14-12)15-3/h4-9H,1-3H3. The van der Waals surface area contributed by atoms with Crippen molar-refractivity contribution in [2.45, 2.75) is 19.8 Å². The second-order valence-electron chi connectivity index (χ2n) is 3.93. The van der Waals surface area contributed by atoms with Crippen LogP contribution >= 0.6 is 0 Å². The Bertz CT molecular complexity index is 477. The van der Waals surface area contributed by atoms with Crippen LogP contribution in [0.25, 0.3) is 10.8 Å². The molecule has 1 aromatic carbocycles. The van der Waals surface area contributed by atoms with E-state index in [0.717, 1.165) is 17.0 Å². The lowest BCUT2D eigenvalue weighted by Crippen LogP contribution is -1.96. The molecule has 78 valence electrons. The molecule has 2 rings (SSSR count). The molecule has 2 aromatic rings. The Morgan fingerprint density at radius 2 is 1.93 bits per heavy atom. The van der Waals surface area contributed by atoms with E-state index in [1.165, 1.54) is 5.39 Å². The summed E-state index contributed by atoms with van der Waals surface area (Å²) in [6.07, 6.45) is 0. The molecule has 0 aliphatic rings. The van der Waals surface area contributed by atoms with Crippen molar-refractivity contribution in [3.63, 3.8) is 0 Å². The second-order valence-corrected chi connectivity index (χ2v) is 3.93. The molecule has 15 heavy (non-hydrogen) atoms. The van der Waals surface area contributed by atoms with Crippen LogP contribution in [0.5, 0.6) is 5.88 Å². The maximum atomic E-state index is 5.31. The third kappa shape index (κ3) is 1.80. The normalized spacial score (nSPS) is 10.9. The minimum absolute atomic E-state index is 0.420. The zero-order valence-corrected chi connectivity index (χ0v) is 9.32. The van der Waals surface area contributed by atoms with Crippen LogP contribution in [0.1, 0.15) is 25.5 Å². The van der Waals surface area contributed by atoms with Gasteiger partial charge in [-0.05, 0) is 23.4 Å². The van der Waals surface area contributed by atoms with Crippen molar-refractivity contribution in [2.24, 2.45) is 0 Å². The quantitative estimate of drug-likeness (QED) is 0.743. The van der Waals surface area contributed by atoms with E-state index in [1.54, 1.807) is 7.11 Å². The smallest absolute Gasteiger partial charge is 0.221 e. The minimum Gasteiger partial charge on any atom is -0.481 e. The van der Waals surface area contributed by atoms with Crippen LogP contribution < -0.4 is 4.74 Å². The van der Waals surface area contributed by atoms with E-state index in [9.17, 15) is 0 Å². The van der Waals surface area contributed by atoms with Gasteiger partial charge in [-0.2, -0.15) is 0 Å². The molecule has 0 aliphatic heterocycles. The van der Waals surface area contributed by atoms with Crippen molar-refractivity contribution >= 4 is 10.8 Å². The average molecular weight is 201 g/mol. The molecule has 0 atom stereocenters. The Morgan fingerprint density at radius 1 is 1.20 bits per heavy atom. The molecule has 0 aliphatic carbocycles.